The van der Waals surface area contributed by atoms with Crippen molar-refractivity contribution in [3.8, 4) is 0 Å². The lowest BCUT2D eigenvalue weighted by atomic mass is 9.81. The van der Waals surface area contributed by atoms with Gasteiger partial charge < -0.3 is 24.6 Å². The number of likely N-dealkylation sites (tertiary alicyclic amines) is 1. The summed E-state index contributed by atoms with van der Waals surface area (Å²) in [4.78, 5) is 6.77. The Balaban J connectivity index is 1.11. The zero-order chi connectivity index (χ0) is 38.0. The van der Waals surface area contributed by atoms with E-state index in [0.717, 1.165) is 27.6 Å². The van der Waals surface area contributed by atoms with E-state index in [-0.39, 0.29) is 23.5 Å². The molecule has 0 bridgehead atoms. The summed E-state index contributed by atoms with van der Waals surface area (Å²) in [5.74, 6) is -0.213. The van der Waals surface area contributed by atoms with Gasteiger partial charge in [0, 0.05) is 53.4 Å². The third-order valence-electron chi connectivity index (χ3n) is 10.8. The third-order valence-corrected chi connectivity index (χ3v) is 12.4. The minimum Gasteiger partial charge on any atom is -0.392 e. The summed E-state index contributed by atoms with van der Waals surface area (Å²) in [7, 11) is -4.00. The fourth-order valence-corrected chi connectivity index (χ4v) is 9.18. The number of piperidine rings is 1. The second kappa shape index (κ2) is 15.8. The van der Waals surface area contributed by atoms with Crippen molar-refractivity contribution in [3.63, 3.8) is 0 Å². The molecule has 0 aliphatic carbocycles. The first-order chi connectivity index (χ1) is 26.7. The van der Waals surface area contributed by atoms with E-state index >= 15 is 0 Å². The number of nitrogens with one attached hydrogen (secondary N) is 1. The SMILES string of the molecule is O=S(=O)(Nc1cccc(C2OC(CN3CCC(O)(c4ccc(Cl)cc4)CC3)C(c3ccccc3)C(c3ccc(CO)cc3)O2)c1)c1cccc2cccnc12. The van der Waals surface area contributed by atoms with Gasteiger partial charge >= 0.3 is 0 Å². The molecule has 11 heteroatoms. The Morgan fingerprint density at radius 1 is 0.800 bits per heavy atom. The molecule has 1 aromatic heterocycles. The van der Waals surface area contributed by atoms with Gasteiger partial charge in [-0.3, -0.25) is 9.71 Å². The van der Waals surface area contributed by atoms with Crippen LogP contribution in [-0.4, -0.2) is 54.3 Å². The van der Waals surface area contributed by atoms with Crippen LogP contribution < -0.4 is 4.72 Å². The molecular formula is C44H42ClN3O6S. The number of hydrogen-bond donors (Lipinski definition) is 3. The van der Waals surface area contributed by atoms with Crippen molar-refractivity contribution >= 4 is 38.2 Å². The number of sulfonamides is 1. The summed E-state index contributed by atoms with van der Waals surface area (Å²) < 4.78 is 44.1. The molecule has 0 saturated carbocycles. The van der Waals surface area contributed by atoms with Crippen LogP contribution in [0.2, 0.25) is 5.02 Å². The normalized spacial score (nSPS) is 21.7. The number of ether oxygens (including phenoxy) is 2. The molecule has 282 valence electrons. The van der Waals surface area contributed by atoms with Crippen molar-refractivity contribution in [2.75, 3.05) is 24.4 Å². The van der Waals surface area contributed by atoms with Gasteiger partial charge in [0.2, 0.25) is 0 Å². The van der Waals surface area contributed by atoms with Gasteiger partial charge in [-0.2, -0.15) is 0 Å². The number of aliphatic hydroxyl groups is 2. The first kappa shape index (κ1) is 37.3. The number of aliphatic hydroxyl groups excluding tert-OH is 1. The second-order valence-corrected chi connectivity index (χ2v) is 16.4. The molecule has 5 aromatic carbocycles. The van der Waals surface area contributed by atoms with Gasteiger partial charge in [0.15, 0.2) is 6.29 Å². The van der Waals surface area contributed by atoms with Gasteiger partial charge in [0.1, 0.15) is 4.90 Å². The summed E-state index contributed by atoms with van der Waals surface area (Å²) in [6.45, 7) is 1.81. The second-order valence-electron chi connectivity index (χ2n) is 14.3. The first-order valence-corrected chi connectivity index (χ1v) is 20.3. The number of benzene rings is 5. The number of para-hydroxylation sites is 1. The van der Waals surface area contributed by atoms with E-state index in [9.17, 15) is 18.6 Å². The molecular weight excluding hydrogens is 734 g/mol. The van der Waals surface area contributed by atoms with Crippen LogP contribution in [0.1, 0.15) is 59.0 Å². The maximum absolute atomic E-state index is 13.8. The van der Waals surface area contributed by atoms with Crippen LogP contribution in [0, 0.1) is 0 Å². The molecule has 4 atom stereocenters. The van der Waals surface area contributed by atoms with Crippen LogP contribution in [0.15, 0.2) is 145 Å². The molecule has 55 heavy (non-hydrogen) atoms. The van der Waals surface area contributed by atoms with Gasteiger partial charge in [-0.15, -0.1) is 0 Å². The average molecular weight is 776 g/mol. The van der Waals surface area contributed by atoms with Crippen molar-refractivity contribution in [1.82, 2.24) is 9.88 Å². The molecule has 2 fully saturated rings. The van der Waals surface area contributed by atoms with Crippen molar-refractivity contribution < 1.29 is 28.1 Å². The zero-order valence-electron chi connectivity index (χ0n) is 30.0. The number of anilines is 1. The number of fused-ring (bicyclic) bond motifs is 1. The summed E-state index contributed by atoms with van der Waals surface area (Å²) in [6, 6.07) is 41.2. The van der Waals surface area contributed by atoms with Crippen molar-refractivity contribution in [2.45, 2.75) is 54.4 Å². The Morgan fingerprint density at radius 3 is 2.25 bits per heavy atom. The van der Waals surface area contributed by atoms with Crippen LogP contribution in [0.4, 0.5) is 5.69 Å². The molecule has 0 amide bonds. The highest BCUT2D eigenvalue weighted by Crippen LogP contribution is 2.48. The van der Waals surface area contributed by atoms with E-state index in [1.165, 1.54) is 0 Å². The summed E-state index contributed by atoms with van der Waals surface area (Å²) in [6.07, 6.45) is 1.04. The predicted molar refractivity (Wildman–Crippen MR) is 213 cm³/mol. The maximum atomic E-state index is 13.8. The number of halogens is 1. The van der Waals surface area contributed by atoms with E-state index in [1.807, 2.05) is 84.9 Å². The predicted octanol–water partition coefficient (Wildman–Crippen LogP) is 8.10. The van der Waals surface area contributed by atoms with Crippen LogP contribution >= 0.6 is 11.6 Å². The Morgan fingerprint density at radius 2 is 1.51 bits per heavy atom. The summed E-state index contributed by atoms with van der Waals surface area (Å²) >= 11 is 6.14. The highest BCUT2D eigenvalue weighted by molar-refractivity contribution is 7.93. The van der Waals surface area contributed by atoms with E-state index in [0.29, 0.717) is 54.3 Å². The molecule has 3 N–H and O–H groups in total. The average Bonchev–Trinajstić information content (AvgIpc) is 3.22. The van der Waals surface area contributed by atoms with Gasteiger partial charge in [0.25, 0.3) is 10.0 Å². The standard InChI is InChI=1S/C44H42ClN3O6S/c45-36-20-18-35(19-21-36)44(50)22-25-48(26-23-44)28-38-40(31-7-2-1-3-8-31)42(33-16-14-30(29-49)15-17-33)54-43(53-38)34-10-4-12-37(27-34)47-55(51,52)39-13-5-9-32-11-6-24-46-41(32)39/h1-21,24,27,38,40,42-43,47,49-50H,22-23,25-26,28-29H2. The number of hydrogen-bond acceptors (Lipinski definition) is 8. The molecule has 8 rings (SSSR count). The van der Waals surface area contributed by atoms with Gasteiger partial charge in [0.05, 0.1) is 29.9 Å². The Kier molecular flexibility index (Phi) is 10.7. The van der Waals surface area contributed by atoms with E-state index in [4.69, 9.17) is 21.1 Å². The Hall–Kier alpha value is -4.65. The Bertz CT molecular complexity index is 2350. The highest BCUT2D eigenvalue weighted by Gasteiger charge is 2.44. The van der Waals surface area contributed by atoms with Crippen molar-refractivity contribution in [3.05, 3.63) is 172 Å². The third kappa shape index (κ3) is 8.03. The molecule has 0 radical (unpaired) electrons. The molecule has 6 aromatic rings. The molecule has 2 aliphatic rings. The lowest BCUT2D eigenvalue weighted by Crippen LogP contribution is -2.49. The highest BCUT2D eigenvalue weighted by atomic mass is 35.5. The van der Waals surface area contributed by atoms with Crippen LogP contribution in [-0.2, 0) is 31.7 Å². The largest absolute Gasteiger partial charge is 0.392 e. The topological polar surface area (TPSA) is 121 Å². The molecule has 9 nitrogen and oxygen atoms in total. The monoisotopic (exact) mass is 775 g/mol. The molecule has 2 saturated heterocycles. The van der Waals surface area contributed by atoms with Gasteiger partial charge in [-0.05, 0) is 71.5 Å². The van der Waals surface area contributed by atoms with E-state index in [2.05, 4.69) is 26.7 Å². The van der Waals surface area contributed by atoms with Gasteiger partial charge in [-0.1, -0.05) is 109 Å². The van der Waals surface area contributed by atoms with E-state index < -0.39 is 28.0 Å². The quantitative estimate of drug-likeness (QED) is 0.128. The summed E-state index contributed by atoms with van der Waals surface area (Å²) in [5.41, 5.74) is 4.10. The van der Waals surface area contributed by atoms with Crippen molar-refractivity contribution in [1.29, 1.82) is 0 Å². The number of nitrogens with zero attached hydrogens (tertiary/aromatic N) is 2. The van der Waals surface area contributed by atoms with Crippen molar-refractivity contribution in [2.24, 2.45) is 0 Å². The Labute approximate surface area is 326 Å². The first-order valence-electron chi connectivity index (χ1n) is 18.4. The lowest BCUT2D eigenvalue weighted by molar-refractivity contribution is -0.264. The van der Waals surface area contributed by atoms with E-state index in [1.54, 1.807) is 42.6 Å². The minimum atomic E-state index is -4.00. The van der Waals surface area contributed by atoms with Gasteiger partial charge in [-0.25, -0.2) is 8.42 Å². The molecule has 4 unspecified atom stereocenters. The summed E-state index contributed by atoms with van der Waals surface area (Å²) in [5, 5.41) is 22.8. The molecule has 0 spiro atoms. The fourth-order valence-electron chi connectivity index (χ4n) is 7.83. The number of pyridine rings is 1. The van der Waals surface area contributed by atoms with Crippen LogP contribution in [0.3, 0.4) is 0 Å². The fraction of sp³-hybridized carbons (Fsp3) is 0.250. The number of aromatic nitrogens is 1. The zero-order valence-corrected chi connectivity index (χ0v) is 31.6. The molecule has 2 aliphatic heterocycles. The maximum Gasteiger partial charge on any atom is 0.264 e. The van der Waals surface area contributed by atoms with Crippen LogP contribution in [0.5, 0.6) is 0 Å². The number of rotatable bonds is 10. The smallest absolute Gasteiger partial charge is 0.264 e. The lowest BCUT2D eigenvalue weighted by Gasteiger charge is -2.46. The molecule has 3 heterocycles. The van der Waals surface area contributed by atoms with Crippen LogP contribution in [0.25, 0.3) is 10.9 Å². The minimum absolute atomic E-state index is 0.0723.